The minimum absolute atomic E-state index is 0.810. The molecule has 0 bridgehead atoms. The molecule has 56 valence electrons. The van der Waals surface area contributed by atoms with E-state index in [1.165, 1.54) is 12.0 Å². The zero-order chi connectivity index (χ0) is 7.26. The van der Waals surface area contributed by atoms with E-state index in [2.05, 4.69) is 29.6 Å². The first-order valence-electron chi connectivity index (χ1n) is 4.26. The molecule has 1 heteroatoms. The molecule has 0 aromatic heterocycles. The van der Waals surface area contributed by atoms with Crippen LogP contribution in [0.1, 0.15) is 23.5 Å². The summed E-state index contributed by atoms with van der Waals surface area (Å²) < 4.78 is 0. The van der Waals surface area contributed by atoms with Gasteiger partial charge in [0.2, 0.25) is 0 Å². The van der Waals surface area contributed by atoms with Gasteiger partial charge in [-0.05, 0) is 17.5 Å². The summed E-state index contributed by atoms with van der Waals surface area (Å²) in [6, 6.07) is 9.60. The molecule has 1 aromatic rings. The molecule has 2 unspecified atom stereocenters. The molecule has 1 aromatic carbocycles. The van der Waals surface area contributed by atoms with E-state index in [-0.39, 0.29) is 0 Å². The Morgan fingerprint density at radius 2 is 2.18 bits per heavy atom. The minimum atomic E-state index is 0.810. The second-order valence-corrected chi connectivity index (χ2v) is 3.53. The van der Waals surface area contributed by atoms with Crippen LogP contribution in [0.2, 0.25) is 0 Å². The van der Waals surface area contributed by atoms with Gasteiger partial charge in [0, 0.05) is 18.5 Å². The van der Waals surface area contributed by atoms with Gasteiger partial charge in [-0.1, -0.05) is 24.3 Å². The highest BCUT2D eigenvalue weighted by Gasteiger charge is 2.41. The molecule has 2 atom stereocenters. The lowest BCUT2D eigenvalue weighted by Crippen LogP contribution is -2.22. The van der Waals surface area contributed by atoms with Crippen molar-refractivity contribution in [1.82, 2.24) is 5.32 Å². The van der Waals surface area contributed by atoms with Crippen molar-refractivity contribution in [1.29, 1.82) is 0 Å². The lowest BCUT2D eigenvalue weighted by molar-refractivity contribution is 0.640. The van der Waals surface area contributed by atoms with Crippen LogP contribution in [0.25, 0.3) is 0 Å². The van der Waals surface area contributed by atoms with Gasteiger partial charge >= 0.3 is 0 Å². The molecule has 3 rings (SSSR count). The molecule has 1 aliphatic heterocycles. The van der Waals surface area contributed by atoms with Gasteiger partial charge in [0.15, 0.2) is 0 Å². The quantitative estimate of drug-likeness (QED) is 0.585. The first kappa shape index (κ1) is 5.78. The average molecular weight is 145 g/mol. The molecule has 0 radical (unpaired) electrons. The predicted octanol–water partition coefficient (Wildman–Crippen LogP) is 1.65. The fraction of sp³-hybridized carbons (Fsp3) is 0.400. The molecule has 1 nitrogen and oxygen atoms in total. The Morgan fingerprint density at radius 3 is 3.18 bits per heavy atom. The zero-order valence-electron chi connectivity index (χ0n) is 6.38. The monoisotopic (exact) mass is 145 g/mol. The molecule has 1 aliphatic carbocycles. The van der Waals surface area contributed by atoms with Crippen LogP contribution in [-0.4, -0.2) is 6.04 Å². The van der Waals surface area contributed by atoms with Crippen LogP contribution < -0.4 is 5.32 Å². The van der Waals surface area contributed by atoms with Crippen molar-refractivity contribution in [2.45, 2.75) is 24.9 Å². The largest absolute Gasteiger partial charge is 0.309 e. The summed E-state index contributed by atoms with van der Waals surface area (Å²) in [6.45, 7) is 1.08. The van der Waals surface area contributed by atoms with E-state index in [4.69, 9.17) is 0 Å². The van der Waals surface area contributed by atoms with E-state index in [1.54, 1.807) is 5.56 Å². The molecule has 11 heavy (non-hydrogen) atoms. The van der Waals surface area contributed by atoms with Gasteiger partial charge in [0.25, 0.3) is 0 Å². The molecule has 0 amide bonds. The topological polar surface area (TPSA) is 12.0 Å². The fourth-order valence-corrected chi connectivity index (χ4v) is 2.06. The Hall–Kier alpha value is -0.820. The van der Waals surface area contributed by atoms with E-state index in [9.17, 15) is 0 Å². The van der Waals surface area contributed by atoms with Gasteiger partial charge in [-0.25, -0.2) is 0 Å². The molecule has 0 saturated heterocycles. The van der Waals surface area contributed by atoms with E-state index in [0.717, 1.165) is 18.5 Å². The smallest absolute Gasteiger partial charge is 0.0211 e. The third kappa shape index (κ3) is 0.746. The number of nitrogens with one attached hydrogen (secondary N) is 1. The van der Waals surface area contributed by atoms with Gasteiger partial charge in [-0.3, -0.25) is 0 Å². The van der Waals surface area contributed by atoms with Gasteiger partial charge in [0.1, 0.15) is 0 Å². The van der Waals surface area contributed by atoms with E-state index >= 15 is 0 Å². The summed E-state index contributed by atoms with van der Waals surface area (Å²) in [5.41, 5.74) is 3.10. The summed E-state index contributed by atoms with van der Waals surface area (Å²) in [7, 11) is 0. The molecule has 1 fully saturated rings. The van der Waals surface area contributed by atoms with Crippen molar-refractivity contribution in [3.63, 3.8) is 0 Å². The summed E-state index contributed by atoms with van der Waals surface area (Å²) in [5, 5.41) is 3.51. The van der Waals surface area contributed by atoms with Crippen molar-refractivity contribution >= 4 is 0 Å². The van der Waals surface area contributed by atoms with Crippen LogP contribution in [0.5, 0.6) is 0 Å². The highest BCUT2D eigenvalue weighted by molar-refractivity contribution is 5.38. The minimum Gasteiger partial charge on any atom is -0.309 e. The van der Waals surface area contributed by atoms with Gasteiger partial charge in [-0.15, -0.1) is 0 Å². The van der Waals surface area contributed by atoms with Crippen LogP contribution >= 0.6 is 0 Å². The Balaban J connectivity index is 2.14. The Kier molecular flexibility index (Phi) is 0.977. The SMILES string of the molecule is c1ccc2c(c1)CNC1CC21. The summed E-state index contributed by atoms with van der Waals surface area (Å²) in [5.74, 6) is 0.847. The number of rotatable bonds is 0. The average Bonchev–Trinajstić information content (AvgIpc) is 2.83. The van der Waals surface area contributed by atoms with Crippen LogP contribution in [0.4, 0.5) is 0 Å². The summed E-state index contributed by atoms with van der Waals surface area (Å²) in [6.07, 6.45) is 1.36. The van der Waals surface area contributed by atoms with Crippen molar-refractivity contribution in [3.8, 4) is 0 Å². The first-order valence-corrected chi connectivity index (χ1v) is 4.26. The number of hydrogen-bond donors (Lipinski definition) is 1. The van der Waals surface area contributed by atoms with E-state index in [1.807, 2.05) is 0 Å². The zero-order valence-corrected chi connectivity index (χ0v) is 6.38. The second kappa shape index (κ2) is 1.86. The molecule has 1 heterocycles. The molecular weight excluding hydrogens is 134 g/mol. The van der Waals surface area contributed by atoms with Gasteiger partial charge in [0.05, 0.1) is 0 Å². The maximum absolute atomic E-state index is 3.51. The molecule has 0 spiro atoms. The third-order valence-electron chi connectivity index (χ3n) is 2.80. The lowest BCUT2D eigenvalue weighted by atomic mass is 10.0. The highest BCUT2D eigenvalue weighted by Crippen LogP contribution is 2.44. The molecular formula is C10H11N. The summed E-state index contributed by atoms with van der Waals surface area (Å²) in [4.78, 5) is 0. The van der Waals surface area contributed by atoms with Crippen LogP contribution in [0.15, 0.2) is 24.3 Å². The maximum atomic E-state index is 3.51. The number of benzene rings is 1. The van der Waals surface area contributed by atoms with Gasteiger partial charge in [-0.2, -0.15) is 0 Å². The Bertz CT molecular complexity index is 293. The maximum Gasteiger partial charge on any atom is 0.0211 e. The molecule has 1 N–H and O–H groups in total. The second-order valence-electron chi connectivity index (χ2n) is 3.53. The Morgan fingerprint density at radius 1 is 1.27 bits per heavy atom. The van der Waals surface area contributed by atoms with Crippen LogP contribution in [0, 0.1) is 0 Å². The van der Waals surface area contributed by atoms with Crippen molar-refractivity contribution < 1.29 is 0 Å². The molecule has 1 saturated carbocycles. The van der Waals surface area contributed by atoms with Crippen molar-refractivity contribution in [2.24, 2.45) is 0 Å². The predicted molar refractivity (Wildman–Crippen MR) is 44.4 cm³/mol. The summed E-state index contributed by atoms with van der Waals surface area (Å²) >= 11 is 0. The molecule has 2 aliphatic rings. The first-order chi connectivity index (χ1) is 5.45. The number of fused-ring (bicyclic) bond motifs is 3. The standard InChI is InChI=1S/C10H11N/c1-2-4-8-7(3-1)6-11-10-5-9(8)10/h1-4,9-11H,5-6H2. The third-order valence-corrected chi connectivity index (χ3v) is 2.80. The Labute approximate surface area is 66.4 Å². The van der Waals surface area contributed by atoms with Gasteiger partial charge < -0.3 is 5.32 Å². The number of hydrogen-bond acceptors (Lipinski definition) is 1. The van der Waals surface area contributed by atoms with Crippen LogP contribution in [-0.2, 0) is 6.54 Å². The highest BCUT2D eigenvalue weighted by atomic mass is 15.0. The van der Waals surface area contributed by atoms with E-state index < -0.39 is 0 Å². The van der Waals surface area contributed by atoms with Crippen molar-refractivity contribution in [2.75, 3.05) is 0 Å². The van der Waals surface area contributed by atoms with Crippen LogP contribution in [0.3, 0.4) is 0 Å². The van der Waals surface area contributed by atoms with E-state index in [0.29, 0.717) is 0 Å². The normalized spacial score (nSPS) is 32.4. The fourth-order valence-electron chi connectivity index (χ4n) is 2.06. The van der Waals surface area contributed by atoms with Crippen molar-refractivity contribution in [3.05, 3.63) is 35.4 Å². The lowest BCUT2D eigenvalue weighted by Gasteiger charge is -2.15.